The van der Waals surface area contributed by atoms with Crippen LogP contribution in [0.5, 0.6) is 0 Å². The number of aromatic carboxylic acids is 1. The molecule has 2 rings (SSSR count). The van der Waals surface area contributed by atoms with Crippen molar-refractivity contribution >= 4 is 11.7 Å². The molecule has 1 heterocycles. The van der Waals surface area contributed by atoms with Crippen molar-refractivity contribution in [1.82, 2.24) is 0 Å². The highest BCUT2D eigenvalue weighted by molar-refractivity contribution is 5.84. The van der Waals surface area contributed by atoms with Gasteiger partial charge in [-0.25, -0.2) is 4.79 Å². The van der Waals surface area contributed by atoms with Gasteiger partial charge in [0.2, 0.25) is 5.76 Å². The fourth-order valence-corrected chi connectivity index (χ4v) is 1.81. The Bertz CT molecular complexity index is 662. The molecular formula is C14H12F3NO3. The Morgan fingerprint density at radius 1 is 1.29 bits per heavy atom. The monoisotopic (exact) mass is 299 g/mol. The Balaban J connectivity index is 2.11. The lowest BCUT2D eigenvalue weighted by atomic mass is 10.1. The molecule has 0 radical (unpaired) electrons. The molecule has 0 saturated carbocycles. The molecule has 4 nitrogen and oxygen atoms in total. The minimum Gasteiger partial charge on any atom is -0.475 e. The predicted molar refractivity (Wildman–Crippen MR) is 69.2 cm³/mol. The van der Waals surface area contributed by atoms with Gasteiger partial charge in [0.15, 0.2) is 0 Å². The van der Waals surface area contributed by atoms with Crippen molar-refractivity contribution in [2.24, 2.45) is 0 Å². The second-order valence-electron chi connectivity index (χ2n) is 4.45. The molecule has 0 unspecified atom stereocenters. The van der Waals surface area contributed by atoms with Gasteiger partial charge in [0.1, 0.15) is 5.76 Å². The number of carboxylic acid groups (broad SMARTS) is 1. The van der Waals surface area contributed by atoms with Crippen molar-refractivity contribution < 1.29 is 27.5 Å². The molecule has 0 saturated heterocycles. The van der Waals surface area contributed by atoms with Gasteiger partial charge < -0.3 is 14.8 Å². The molecule has 0 spiro atoms. The smallest absolute Gasteiger partial charge is 0.416 e. The van der Waals surface area contributed by atoms with Crippen LogP contribution in [0, 0.1) is 6.92 Å². The maximum atomic E-state index is 12.8. The Labute approximate surface area is 118 Å². The normalized spacial score (nSPS) is 11.4. The number of rotatable bonds is 4. The third kappa shape index (κ3) is 3.56. The minimum absolute atomic E-state index is 0.0909. The highest BCUT2D eigenvalue weighted by Crippen LogP contribution is 2.33. The molecule has 0 aliphatic heterocycles. The van der Waals surface area contributed by atoms with Crippen LogP contribution in [0.25, 0.3) is 0 Å². The minimum atomic E-state index is -4.41. The van der Waals surface area contributed by atoms with Crippen LogP contribution >= 0.6 is 0 Å². The predicted octanol–water partition coefficient (Wildman–Crippen LogP) is 3.92. The van der Waals surface area contributed by atoms with E-state index in [9.17, 15) is 18.0 Å². The van der Waals surface area contributed by atoms with Crippen LogP contribution in [0.15, 0.2) is 34.7 Å². The van der Waals surface area contributed by atoms with Crippen LogP contribution in [0.2, 0.25) is 0 Å². The van der Waals surface area contributed by atoms with Gasteiger partial charge in [0.05, 0.1) is 12.1 Å². The summed E-state index contributed by atoms with van der Waals surface area (Å²) >= 11 is 0. The molecule has 0 aliphatic carbocycles. The summed E-state index contributed by atoms with van der Waals surface area (Å²) in [5.74, 6) is -1.09. The number of hydrogen-bond acceptors (Lipinski definition) is 3. The van der Waals surface area contributed by atoms with E-state index in [1.807, 2.05) is 0 Å². The maximum absolute atomic E-state index is 12.8. The van der Waals surface area contributed by atoms with E-state index in [4.69, 9.17) is 9.52 Å². The van der Waals surface area contributed by atoms with Gasteiger partial charge in [-0.3, -0.25) is 0 Å². The first-order valence-corrected chi connectivity index (χ1v) is 6.01. The zero-order valence-electron chi connectivity index (χ0n) is 11.0. The number of halogens is 3. The van der Waals surface area contributed by atoms with E-state index >= 15 is 0 Å². The van der Waals surface area contributed by atoms with Gasteiger partial charge in [-0.05, 0) is 36.8 Å². The van der Waals surface area contributed by atoms with Gasteiger partial charge in [-0.15, -0.1) is 0 Å². The molecule has 1 aromatic heterocycles. The fourth-order valence-electron chi connectivity index (χ4n) is 1.81. The van der Waals surface area contributed by atoms with E-state index in [1.165, 1.54) is 31.2 Å². The second kappa shape index (κ2) is 5.51. The molecule has 0 aliphatic rings. The molecule has 112 valence electrons. The van der Waals surface area contributed by atoms with Crippen LogP contribution in [0.3, 0.4) is 0 Å². The summed E-state index contributed by atoms with van der Waals surface area (Å²) in [5, 5.41) is 11.5. The van der Waals surface area contributed by atoms with Gasteiger partial charge >= 0.3 is 12.1 Å². The third-order valence-electron chi connectivity index (χ3n) is 2.88. The summed E-state index contributed by atoms with van der Waals surface area (Å²) in [7, 11) is 0. The largest absolute Gasteiger partial charge is 0.475 e. The first-order chi connectivity index (χ1) is 9.77. The molecule has 2 N–H and O–H groups in total. The molecular weight excluding hydrogens is 287 g/mol. The van der Waals surface area contributed by atoms with E-state index in [1.54, 1.807) is 0 Å². The van der Waals surface area contributed by atoms with Gasteiger partial charge in [0, 0.05) is 5.69 Å². The quantitative estimate of drug-likeness (QED) is 0.898. The highest BCUT2D eigenvalue weighted by atomic mass is 19.4. The Morgan fingerprint density at radius 3 is 2.57 bits per heavy atom. The van der Waals surface area contributed by atoms with Crippen molar-refractivity contribution in [3.8, 4) is 0 Å². The van der Waals surface area contributed by atoms with E-state index in [0.29, 0.717) is 5.76 Å². The number of carbonyl (C=O) groups is 1. The zero-order chi connectivity index (χ0) is 15.6. The average molecular weight is 299 g/mol. The molecule has 0 amide bonds. The number of furan rings is 1. The first-order valence-electron chi connectivity index (χ1n) is 6.01. The molecule has 21 heavy (non-hydrogen) atoms. The topological polar surface area (TPSA) is 62.5 Å². The van der Waals surface area contributed by atoms with E-state index in [0.717, 1.165) is 6.07 Å². The molecule has 0 bridgehead atoms. The second-order valence-corrected chi connectivity index (χ2v) is 4.45. The maximum Gasteiger partial charge on any atom is 0.416 e. The van der Waals surface area contributed by atoms with Gasteiger partial charge in [-0.2, -0.15) is 13.2 Å². The molecule has 0 atom stereocenters. The van der Waals surface area contributed by atoms with Crippen LogP contribution in [0.4, 0.5) is 18.9 Å². The summed E-state index contributed by atoms with van der Waals surface area (Å²) in [6, 6.07) is 6.64. The fraction of sp³-hybridized carbons (Fsp3) is 0.214. The zero-order valence-corrected chi connectivity index (χ0v) is 11.0. The third-order valence-corrected chi connectivity index (χ3v) is 2.88. The Kier molecular flexibility index (Phi) is 3.93. The number of aryl methyl sites for hydroxylation is 1. The van der Waals surface area contributed by atoms with Crippen LogP contribution in [-0.4, -0.2) is 11.1 Å². The molecule has 1 aromatic carbocycles. The summed E-state index contributed by atoms with van der Waals surface area (Å²) < 4.78 is 43.3. The van der Waals surface area contributed by atoms with E-state index in [-0.39, 0.29) is 23.6 Å². The SMILES string of the molecule is Cc1ccc(NCc2ccc(C(=O)O)o2)cc1C(F)(F)F. The number of anilines is 1. The van der Waals surface area contributed by atoms with Crippen molar-refractivity contribution in [3.63, 3.8) is 0 Å². The van der Waals surface area contributed by atoms with E-state index < -0.39 is 17.7 Å². The van der Waals surface area contributed by atoms with E-state index in [2.05, 4.69) is 5.32 Å². The van der Waals surface area contributed by atoms with Crippen molar-refractivity contribution in [1.29, 1.82) is 0 Å². The number of benzene rings is 1. The lowest BCUT2D eigenvalue weighted by Gasteiger charge is -2.12. The average Bonchev–Trinajstić information content (AvgIpc) is 2.85. The summed E-state index contributed by atoms with van der Waals surface area (Å²) in [6.07, 6.45) is -4.41. The van der Waals surface area contributed by atoms with Crippen molar-refractivity contribution in [2.45, 2.75) is 19.6 Å². The van der Waals surface area contributed by atoms with Crippen LogP contribution < -0.4 is 5.32 Å². The molecule has 0 fully saturated rings. The summed E-state index contributed by atoms with van der Waals surface area (Å²) in [5.41, 5.74) is -0.293. The number of alkyl halides is 3. The Hall–Kier alpha value is -2.44. The number of nitrogens with one attached hydrogen (secondary N) is 1. The standard InChI is InChI=1S/C14H12F3NO3/c1-8-2-3-9(6-11(8)14(15,16)17)18-7-10-4-5-12(21-10)13(19)20/h2-6,18H,7H2,1H3,(H,19,20). The van der Waals surface area contributed by atoms with Gasteiger partial charge in [-0.1, -0.05) is 6.07 Å². The molecule has 2 aromatic rings. The van der Waals surface area contributed by atoms with Gasteiger partial charge in [0.25, 0.3) is 0 Å². The lowest BCUT2D eigenvalue weighted by Crippen LogP contribution is -2.08. The van der Waals surface area contributed by atoms with Crippen molar-refractivity contribution in [3.05, 3.63) is 53.0 Å². The summed E-state index contributed by atoms with van der Waals surface area (Å²) in [4.78, 5) is 10.6. The summed E-state index contributed by atoms with van der Waals surface area (Å²) in [6.45, 7) is 1.48. The molecule has 7 heteroatoms. The first kappa shape index (κ1) is 15.0. The van der Waals surface area contributed by atoms with Crippen LogP contribution in [-0.2, 0) is 12.7 Å². The van der Waals surface area contributed by atoms with Crippen molar-refractivity contribution in [2.75, 3.05) is 5.32 Å². The van der Waals surface area contributed by atoms with Crippen LogP contribution in [0.1, 0.15) is 27.4 Å². The lowest BCUT2D eigenvalue weighted by molar-refractivity contribution is -0.138. The Morgan fingerprint density at radius 2 is 2.00 bits per heavy atom. The number of hydrogen-bond donors (Lipinski definition) is 2. The highest BCUT2D eigenvalue weighted by Gasteiger charge is 2.32. The number of carboxylic acids is 1.